The summed E-state index contributed by atoms with van der Waals surface area (Å²) >= 11 is 5.81. The maximum absolute atomic E-state index is 13.4. The molecule has 0 aliphatic carbocycles. The van der Waals surface area contributed by atoms with E-state index in [0.29, 0.717) is 54.4 Å². The number of nitrogens with zero attached hydrogens (tertiary/aromatic N) is 4. The number of rotatable bonds is 6. The zero-order valence-electron chi connectivity index (χ0n) is 15.9. The normalized spacial score (nSPS) is 17.6. The summed E-state index contributed by atoms with van der Waals surface area (Å²) in [5.41, 5.74) is 1.95. The minimum atomic E-state index is -0.748. The second kappa shape index (κ2) is 8.80. The van der Waals surface area contributed by atoms with Gasteiger partial charge in [-0.3, -0.25) is 4.90 Å². The van der Waals surface area contributed by atoms with Crippen LogP contribution in [-0.4, -0.2) is 63.2 Å². The van der Waals surface area contributed by atoms with E-state index in [2.05, 4.69) is 35.6 Å². The van der Waals surface area contributed by atoms with E-state index in [1.54, 1.807) is 12.3 Å². The number of nitrogens with one attached hydrogen (secondary N) is 3. The van der Waals surface area contributed by atoms with Crippen LogP contribution in [0.15, 0.2) is 35.6 Å². The predicted molar refractivity (Wildman–Crippen MR) is 112 cm³/mol. The summed E-state index contributed by atoms with van der Waals surface area (Å²) in [6.07, 6.45) is 1.37. The van der Waals surface area contributed by atoms with Crippen molar-refractivity contribution >= 4 is 40.2 Å². The van der Waals surface area contributed by atoms with E-state index in [0.717, 1.165) is 6.54 Å². The van der Waals surface area contributed by atoms with Crippen LogP contribution in [0, 0.1) is 5.82 Å². The molecule has 0 bridgehead atoms. The van der Waals surface area contributed by atoms with Crippen LogP contribution >= 0.6 is 11.6 Å². The first-order chi connectivity index (χ1) is 14.5. The van der Waals surface area contributed by atoms with E-state index in [9.17, 15) is 14.0 Å². The zero-order valence-corrected chi connectivity index (χ0v) is 16.6. The summed E-state index contributed by atoms with van der Waals surface area (Å²) in [7, 11) is 0. The number of pyridine rings is 1. The molecule has 0 saturated carbocycles. The first-order valence-corrected chi connectivity index (χ1v) is 9.81. The van der Waals surface area contributed by atoms with Crippen LogP contribution in [-0.2, 0) is 0 Å². The molecule has 158 valence electrons. The van der Waals surface area contributed by atoms with Crippen LogP contribution in [0.25, 0.3) is 11.2 Å². The third-order valence-electron chi connectivity index (χ3n) is 4.86. The number of oxime groups is 1. The van der Waals surface area contributed by atoms with Gasteiger partial charge in [-0.25, -0.2) is 13.8 Å². The maximum Gasteiger partial charge on any atom is 0.202 e. The molecule has 30 heavy (non-hydrogen) atoms. The van der Waals surface area contributed by atoms with Crippen molar-refractivity contribution in [3.8, 4) is 0 Å². The number of hydrogen-bond acceptors (Lipinski definition) is 6. The Bertz CT molecular complexity index is 1070. The second-order valence-corrected chi connectivity index (χ2v) is 7.37. The minimum absolute atomic E-state index is 0.0534. The number of imidazole rings is 1. The van der Waals surface area contributed by atoms with E-state index in [1.807, 2.05) is 0 Å². The fourth-order valence-corrected chi connectivity index (χ4v) is 3.55. The lowest BCUT2D eigenvalue weighted by Gasteiger charge is -2.14. The fourth-order valence-electron chi connectivity index (χ4n) is 3.37. The molecule has 1 aliphatic heterocycles. The Kier molecular flexibility index (Phi) is 5.96. The molecule has 2 aromatic heterocycles. The molecule has 8 nitrogen and oxygen atoms in total. The van der Waals surface area contributed by atoms with E-state index in [1.165, 1.54) is 18.2 Å². The Morgan fingerprint density at radius 2 is 2.27 bits per heavy atom. The third-order valence-corrected chi connectivity index (χ3v) is 5.15. The highest BCUT2D eigenvalue weighted by Gasteiger charge is 2.21. The first-order valence-electron chi connectivity index (χ1n) is 9.43. The van der Waals surface area contributed by atoms with E-state index < -0.39 is 12.0 Å². The third kappa shape index (κ3) is 4.44. The van der Waals surface area contributed by atoms with Crippen molar-refractivity contribution in [2.45, 2.75) is 12.6 Å². The van der Waals surface area contributed by atoms with Crippen LogP contribution in [0.4, 0.5) is 20.4 Å². The van der Waals surface area contributed by atoms with Crippen LogP contribution < -0.4 is 10.6 Å². The lowest BCUT2D eigenvalue weighted by atomic mass is 10.2. The van der Waals surface area contributed by atoms with Crippen molar-refractivity contribution in [2.75, 3.05) is 36.8 Å². The molecule has 1 aromatic carbocycles. The van der Waals surface area contributed by atoms with Gasteiger partial charge in [-0.2, -0.15) is 4.98 Å². The molecule has 11 heteroatoms. The predicted octanol–water partition coefficient (Wildman–Crippen LogP) is 3.45. The van der Waals surface area contributed by atoms with Gasteiger partial charge in [0.2, 0.25) is 5.95 Å². The summed E-state index contributed by atoms with van der Waals surface area (Å²) in [5.74, 6) is 0.0747. The van der Waals surface area contributed by atoms with Gasteiger partial charge in [0.1, 0.15) is 12.0 Å². The van der Waals surface area contributed by atoms with Gasteiger partial charge in [0, 0.05) is 43.6 Å². The number of anilines is 2. The molecule has 4 rings (SSSR count). The number of alkyl halides is 1. The molecule has 3 heterocycles. The molecule has 3 aromatic rings. The highest BCUT2D eigenvalue weighted by atomic mass is 35.5. The number of likely N-dealkylation sites (tertiary alicyclic amines) is 1. The van der Waals surface area contributed by atoms with Gasteiger partial charge in [0.15, 0.2) is 11.5 Å². The van der Waals surface area contributed by atoms with E-state index in [4.69, 9.17) is 11.6 Å². The zero-order chi connectivity index (χ0) is 21.1. The summed E-state index contributed by atoms with van der Waals surface area (Å²) < 4.78 is 26.6. The summed E-state index contributed by atoms with van der Waals surface area (Å²) in [6, 6.07) is 5.74. The van der Waals surface area contributed by atoms with Crippen molar-refractivity contribution in [3.05, 3.63) is 46.9 Å². The second-order valence-electron chi connectivity index (χ2n) is 6.96. The standard InChI is InChI=1S/C19H20ClF2N7O/c20-14-9-12(1-2-15(14)22)25-17(28-30)13-3-5-23-18-16(13)26-19(27-18)24-6-8-29-7-4-11(21)10-29/h1-3,5,9,11,30H,4,6-8,10H2,(H,25,28)(H2,23,24,26,27)/t11-/m0/s1. The molecule has 0 radical (unpaired) electrons. The maximum atomic E-state index is 13.4. The Labute approximate surface area is 176 Å². The average molecular weight is 436 g/mol. The highest BCUT2D eigenvalue weighted by Crippen LogP contribution is 2.22. The van der Waals surface area contributed by atoms with Crippen molar-refractivity contribution in [1.82, 2.24) is 19.9 Å². The summed E-state index contributed by atoms with van der Waals surface area (Å²) in [4.78, 5) is 13.8. The van der Waals surface area contributed by atoms with Gasteiger partial charge in [0.05, 0.1) is 10.5 Å². The van der Waals surface area contributed by atoms with E-state index in [-0.39, 0.29) is 10.9 Å². The molecule has 4 N–H and O–H groups in total. The summed E-state index contributed by atoms with van der Waals surface area (Å²) in [5, 5.41) is 18.9. The Morgan fingerprint density at radius 3 is 3.00 bits per heavy atom. The molecule has 0 unspecified atom stereocenters. The van der Waals surface area contributed by atoms with Gasteiger partial charge >= 0.3 is 0 Å². The Balaban J connectivity index is 1.49. The number of H-pyrrole nitrogens is 1. The smallest absolute Gasteiger partial charge is 0.202 e. The summed E-state index contributed by atoms with van der Waals surface area (Å²) in [6.45, 7) is 2.51. The van der Waals surface area contributed by atoms with Crippen molar-refractivity contribution in [2.24, 2.45) is 5.16 Å². The average Bonchev–Trinajstić information content (AvgIpc) is 3.34. The minimum Gasteiger partial charge on any atom is -0.409 e. The van der Waals surface area contributed by atoms with Crippen LogP contribution in [0.3, 0.4) is 0 Å². The lowest BCUT2D eigenvalue weighted by molar-refractivity contribution is 0.295. The molecule has 0 spiro atoms. The van der Waals surface area contributed by atoms with E-state index >= 15 is 0 Å². The highest BCUT2D eigenvalue weighted by molar-refractivity contribution is 6.31. The molecule has 1 saturated heterocycles. The fraction of sp³-hybridized carbons (Fsp3) is 0.316. The molecule has 1 atom stereocenters. The Morgan fingerprint density at radius 1 is 1.40 bits per heavy atom. The van der Waals surface area contributed by atoms with Crippen molar-refractivity contribution in [3.63, 3.8) is 0 Å². The molecule has 1 aliphatic rings. The Hall–Kier alpha value is -2.98. The van der Waals surface area contributed by atoms with Gasteiger partial charge in [-0.15, -0.1) is 0 Å². The first kappa shape index (κ1) is 20.3. The van der Waals surface area contributed by atoms with Crippen molar-refractivity contribution < 1.29 is 14.0 Å². The van der Waals surface area contributed by atoms with Crippen LogP contribution in [0.1, 0.15) is 12.0 Å². The molecular formula is C19H20ClF2N7O. The van der Waals surface area contributed by atoms with Crippen LogP contribution in [0.5, 0.6) is 0 Å². The van der Waals surface area contributed by atoms with Crippen molar-refractivity contribution in [1.29, 1.82) is 0 Å². The van der Waals surface area contributed by atoms with Gasteiger partial charge in [0.25, 0.3) is 0 Å². The number of benzene rings is 1. The molecular weight excluding hydrogens is 416 g/mol. The molecule has 1 fully saturated rings. The number of amidine groups is 1. The van der Waals surface area contributed by atoms with Gasteiger partial charge < -0.3 is 20.8 Å². The number of hydrogen-bond donors (Lipinski definition) is 4. The topological polar surface area (TPSA) is 101 Å². The number of aromatic nitrogens is 3. The monoisotopic (exact) mass is 435 g/mol. The molecule has 0 amide bonds. The number of fused-ring (bicyclic) bond motifs is 1. The SMILES string of the molecule is ON=C(Nc1ccc(F)c(Cl)c1)c1ccnc2nc(NCCN3CC[C@H](F)C3)[nH]c12. The lowest BCUT2D eigenvalue weighted by Crippen LogP contribution is -2.27. The van der Waals surface area contributed by atoms with Gasteiger partial charge in [-0.05, 0) is 30.7 Å². The quantitative estimate of drug-likeness (QED) is 0.205. The number of halogens is 3. The van der Waals surface area contributed by atoms with Crippen LogP contribution in [0.2, 0.25) is 5.02 Å². The van der Waals surface area contributed by atoms with Gasteiger partial charge in [-0.1, -0.05) is 16.8 Å². The largest absolute Gasteiger partial charge is 0.409 e. The number of aromatic amines is 1.